The van der Waals surface area contributed by atoms with Gasteiger partial charge in [-0.1, -0.05) is 53.8 Å². The molecule has 1 rings (SSSR count). The quantitative estimate of drug-likeness (QED) is 0.710. The Morgan fingerprint density at radius 1 is 1.36 bits per heavy atom. The van der Waals surface area contributed by atoms with Crippen LogP contribution in [0.5, 0.6) is 0 Å². The first-order valence-electron chi connectivity index (χ1n) is 3.73. The molecule has 0 aromatic heterocycles. The van der Waals surface area contributed by atoms with Crippen LogP contribution < -0.4 is 0 Å². The van der Waals surface area contributed by atoms with E-state index in [4.69, 9.17) is 0 Å². The number of aryl methyl sites for hydroxylation is 1. The number of benzene rings is 1. The summed E-state index contributed by atoms with van der Waals surface area (Å²) >= 11 is 2.24. The Balaban J connectivity index is 3.02. The first-order valence-corrected chi connectivity index (χ1v) is 4.97. The van der Waals surface area contributed by atoms with Gasteiger partial charge in [0, 0.05) is 0 Å². The summed E-state index contributed by atoms with van der Waals surface area (Å²) in [5.74, 6) is 0. The van der Waals surface area contributed by atoms with E-state index in [9.17, 15) is 0 Å². The van der Waals surface area contributed by atoms with Crippen LogP contribution in [0.2, 0.25) is 0 Å². The monoisotopic (exact) mass is 258 g/mol. The van der Waals surface area contributed by atoms with Crippen LogP contribution in [0.25, 0.3) is 6.08 Å². The number of halogens is 1. The van der Waals surface area contributed by atoms with E-state index in [0.29, 0.717) is 0 Å². The van der Waals surface area contributed by atoms with Crippen LogP contribution in [-0.2, 0) is 6.42 Å². The first kappa shape index (κ1) is 8.78. The molecule has 0 saturated heterocycles. The van der Waals surface area contributed by atoms with E-state index < -0.39 is 0 Å². The van der Waals surface area contributed by atoms with Crippen LogP contribution in [-0.4, -0.2) is 0 Å². The van der Waals surface area contributed by atoms with Crippen molar-refractivity contribution in [3.8, 4) is 0 Å². The van der Waals surface area contributed by atoms with Crippen LogP contribution in [0.1, 0.15) is 18.1 Å². The van der Waals surface area contributed by atoms with Crippen LogP contribution in [0.3, 0.4) is 0 Å². The van der Waals surface area contributed by atoms with Crippen molar-refractivity contribution in [3.63, 3.8) is 0 Å². The minimum atomic E-state index is 1.11. The molecule has 0 saturated carbocycles. The molecule has 0 unspecified atom stereocenters. The molecule has 0 aliphatic carbocycles. The highest BCUT2D eigenvalue weighted by atomic mass is 127. The number of hydrogen-bond acceptors (Lipinski definition) is 0. The van der Waals surface area contributed by atoms with E-state index in [-0.39, 0.29) is 0 Å². The summed E-state index contributed by atoms with van der Waals surface area (Å²) in [7, 11) is 0. The van der Waals surface area contributed by atoms with Gasteiger partial charge in [0.05, 0.1) is 0 Å². The Morgan fingerprint density at radius 3 is 2.73 bits per heavy atom. The summed E-state index contributed by atoms with van der Waals surface area (Å²) in [4.78, 5) is 0. The molecule has 0 amide bonds. The van der Waals surface area contributed by atoms with Gasteiger partial charge in [0.1, 0.15) is 0 Å². The van der Waals surface area contributed by atoms with Crippen molar-refractivity contribution in [3.05, 3.63) is 39.5 Å². The summed E-state index contributed by atoms with van der Waals surface area (Å²) in [6.07, 6.45) is 3.25. The normalized spacial score (nSPS) is 10.7. The molecule has 0 nitrogen and oxygen atoms in total. The third kappa shape index (κ3) is 2.33. The average molecular weight is 258 g/mol. The summed E-state index contributed by atoms with van der Waals surface area (Å²) in [5, 5.41) is 0. The van der Waals surface area contributed by atoms with Crippen molar-refractivity contribution < 1.29 is 0 Å². The number of hydrogen-bond donors (Lipinski definition) is 0. The van der Waals surface area contributed by atoms with Crippen molar-refractivity contribution in [2.75, 3.05) is 0 Å². The van der Waals surface area contributed by atoms with Crippen LogP contribution >= 0.6 is 22.6 Å². The Kier molecular flexibility index (Phi) is 3.63. The lowest BCUT2D eigenvalue weighted by Gasteiger charge is -2.00. The van der Waals surface area contributed by atoms with Crippen molar-refractivity contribution in [1.82, 2.24) is 0 Å². The summed E-state index contributed by atoms with van der Waals surface area (Å²) in [6, 6.07) is 8.48. The Labute approximate surface area is 81.5 Å². The molecular weight excluding hydrogens is 247 g/mol. The lowest BCUT2D eigenvalue weighted by Crippen LogP contribution is -1.83. The molecular formula is C10H11I. The predicted molar refractivity (Wildman–Crippen MR) is 58.9 cm³/mol. The van der Waals surface area contributed by atoms with Gasteiger partial charge in [0.2, 0.25) is 0 Å². The van der Waals surface area contributed by atoms with Gasteiger partial charge in [-0.3, -0.25) is 0 Å². The lowest BCUT2D eigenvalue weighted by molar-refractivity contribution is 1.13. The molecule has 0 radical (unpaired) electrons. The van der Waals surface area contributed by atoms with Crippen LogP contribution in [0, 0.1) is 0 Å². The molecule has 1 aromatic carbocycles. The Hall–Kier alpha value is -0.310. The third-order valence-electron chi connectivity index (χ3n) is 1.68. The molecule has 0 heterocycles. The maximum absolute atomic E-state index is 2.24. The SMILES string of the molecule is CCc1ccccc1/C=C\I. The van der Waals surface area contributed by atoms with Crippen molar-refractivity contribution in [2.24, 2.45) is 0 Å². The molecule has 1 aromatic rings. The van der Waals surface area contributed by atoms with Gasteiger partial charge in [-0.2, -0.15) is 0 Å². The van der Waals surface area contributed by atoms with Crippen LogP contribution in [0.4, 0.5) is 0 Å². The maximum Gasteiger partial charge on any atom is -0.0220 e. The van der Waals surface area contributed by atoms with E-state index in [0.717, 1.165) is 6.42 Å². The molecule has 0 atom stereocenters. The fourth-order valence-electron chi connectivity index (χ4n) is 1.09. The first-order chi connectivity index (χ1) is 5.38. The fraction of sp³-hybridized carbons (Fsp3) is 0.200. The summed E-state index contributed by atoms with van der Waals surface area (Å²) in [6.45, 7) is 2.18. The zero-order valence-electron chi connectivity index (χ0n) is 6.55. The minimum absolute atomic E-state index is 1.11. The second-order valence-electron chi connectivity index (χ2n) is 2.35. The van der Waals surface area contributed by atoms with Gasteiger partial charge in [-0.25, -0.2) is 0 Å². The van der Waals surface area contributed by atoms with Crippen molar-refractivity contribution in [1.29, 1.82) is 0 Å². The number of rotatable bonds is 2. The van der Waals surface area contributed by atoms with Gasteiger partial charge in [-0.15, -0.1) is 0 Å². The molecule has 0 aliphatic rings. The summed E-state index contributed by atoms with van der Waals surface area (Å²) in [5.41, 5.74) is 2.75. The molecule has 0 fully saturated rings. The second-order valence-corrected chi connectivity index (χ2v) is 3.06. The minimum Gasteiger partial charge on any atom is -0.0620 e. The van der Waals surface area contributed by atoms with E-state index in [1.807, 2.05) is 4.08 Å². The molecule has 0 aliphatic heterocycles. The standard InChI is InChI=1S/C10H11I/c1-2-9-5-3-4-6-10(9)7-8-11/h3-8H,2H2,1H3/b8-7-. The highest BCUT2D eigenvalue weighted by Crippen LogP contribution is 2.11. The molecule has 0 N–H and O–H groups in total. The second kappa shape index (κ2) is 4.54. The van der Waals surface area contributed by atoms with Crippen LogP contribution in [0.15, 0.2) is 28.3 Å². The average Bonchev–Trinajstić information content (AvgIpc) is 2.06. The molecule has 58 valence electrons. The molecule has 0 bridgehead atoms. The van der Waals surface area contributed by atoms with E-state index in [1.54, 1.807) is 0 Å². The van der Waals surface area contributed by atoms with Crippen molar-refractivity contribution in [2.45, 2.75) is 13.3 Å². The largest absolute Gasteiger partial charge is 0.0620 e. The zero-order valence-corrected chi connectivity index (χ0v) is 8.71. The highest BCUT2D eigenvalue weighted by molar-refractivity contribution is 14.1. The van der Waals surface area contributed by atoms with E-state index in [1.165, 1.54) is 11.1 Å². The van der Waals surface area contributed by atoms with Gasteiger partial charge in [0.25, 0.3) is 0 Å². The smallest absolute Gasteiger partial charge is 0.0220 e. The van der Waals surface area contributed by atoms with Gasteiger partial charge in [0.15, 0.2) is 0 Å². The van der Waals surface area contributed by atoms with Crippen molar-refractivity contribution >= 4 is 28.7 Å². The van der Waals surface area contributed by atoms with E-state index in [2.05, 4.69) is 59.9 Å². The molecule has 0 spiro atoms. The zero-order chi connectivity index (χ0) is 8.10. The highest BCUT2D eigenvalue weighted by Gasteiger charge is 1.92. The third-order valence-corrected chi connectivity index (χ3v) is 2.04. The maximum atomic E-state index is 2.24. The Bertz CT molecular complexity index is 251. The van der Waals surface area contributed by atoms with Gasteiger partial charge in [-0.05, 0) is 27.7 Å². The molecule has 1 heteroatoms. The van der Waals surface area contributed by atoms with Gasteiger partial charge < -0.3 is 0 Å². The lowest BCUT2D eigenvalue weighted by atomic mass is 10.1. The van der Waals surface area contributed by atoms with E-state index >= 15 is 0 Å². The predicted octanol–water partition coefficient (Wildman–Crippen LogP) is 3.65. The summed E-state index contributed by atoms with van der Waals surface area (Å²) < 4.78 is 2.05. The Morgan fingerprint density at radius 2 is 2.09 bits per heavy atom. The molecule has 11 heavy (non-hydrogen) atoms. The van der Waals surface area contributed by atoms with Gasteiger partial charge >= 0.3 is 0 Å². The fourth-order valence-corrected chi connectivity index (χ4v) is 1.47. The topological polar surface area (TPSA) is 0 Å².